The number of carbonyl (C=O) groups excluding carboxylic acids is 1. The molecular formula is C19H12F2N4O. The highest BCUT2D eigenvalue weighted by Crippen LogP contribution is 2.25. The number of hydrogen-bond donors (Lipinski definition) is 0. The van der Waals surface area contributed by atoms with Crippen molar-refractivity contribution in [3.05, 3.63) is 82.7 Å². The zero-order valence-electron chi connectivity index (χ0n) is 13.5. The number of aromatic nitrogens is 2. The lowest BCUT2D eigenvalue weighted by Gasteiger charge is -2.16. The van der Waals surface area contributed by atoms with Gasteiger partial charge in [-0.15, -0.1) is 0 Å². The molecule has 4 rings (SSSR count). The van der Waals surface area contributed by atoms with Gasteiger partial charge in [-0.05, 0) is 42.5 Å². The Morgan fingerprint density at radius 3 is 2.58 bits per heavy atom. The van der Waals surface area contributed by atoms with Gasteiger partial charge in [-0.2, -0.15) is 10.4 Å². The third-order valence-corrected chi connectivity index (χ3v) is 4.28. The van der Waals surface area contributed by atoms with Crippen LogP contribution in [0.15, 0.2) is 48.7 Å². The molecule has 1 aromatic heterocycles. The molecule has 1 aliphatic heterocycles. The van der Waals surface area contributed by atoms with E-state index in [0.29, 0.717) is 17.9 Å². The molecule has 0 atom stereocenters. The fraction of sp³-hybridized carbons (Fsp3) is 0.105. The minimum absolute atomic E-state index is 0.124. The predicted molar refractivity (Wildman–Crippen MR) is 88.2 cm³/mol. The lowest BCUT2D eigenvalue weighted by atomic mass is 10.1. The Balaban J connectivity index is 1.56. The molecule has 3 aromatic rings. The van der Waals surface area contributed by atoms with Crippen LogP contribution in [0.1, 0.15) is 27.2 Å². The predicted octanol–water partition coefficient (Wildman–Crippen LogP) is 3.18. The average molecular weight is 350 g/mol. The van der Waals surface area contributed by atoms with Crippen molar-refractivity contribution in [3.63, 3.8) is 0 Å². The van der Waals surface area contributed by atoms with Gasteiger partial charge in [-0.3, -0.25) is 4.79 Å². The first kappa shape index (κ1) is 16.0. The first-order chi connectivity index (χ1) is 12.5. The van der Waals surface area contributed by atoms with Crippen molar-refractivity contribution in [2.45, 2.75) is 13.1 Å². The number of nitrogens with zero attached hydrogens (tertiary/aromatic N) is 4. The molecule has 7 heteroatoms. The van der Waals surface area contributed by atoms with Gasteiger partial charge in [0.2, 0.25) is 0 Å². The fourth-order valence-electron chi connectivity index (χ4n) is 2.95. The van der Waals surface area contributed by atoms with Crippen LogP contribution in [0.4, 0.5) is 8.78 Å². The molecule has 1 aliphatic rings. The van der Waals surface area contributed by atoms with Gasteiger partial charge >= 0.3 is 0 Å². The largest absolute Gasteiger partial charge is 0.328 e. The van der Waals surface area contributed by atoms with Crippen LogP contribution in [0.3, 0.4) is 0 Å². The Hall–Kier alpha value is -3.53. The van der Waals surface area contributed by atoms with E-state index >= 15 is 0 Å². The zero-order valence-corrected chi connectivity index (χ0v) is 13.5. The molecule has 2 aromatic carbocycles. The maximum Gasteiger partial charge on any atom is 0.257 e. The number of halogens is 2. The number of nitriles is 1. The maximum absolute atomic E-state index is 14.0. The van der Waals surface area contributed by atoms with Crippen LogP contribution in [0.5, 0.6) is 0 Å². The third kappa shape index (κ3) is 2.71. The summed E-state index contributed by atoms with van der Waals surface area (Å²) < 4.78 is 28.6. The van der Waals surface area contributed by atoms with E-state index in [4.69, 9.17) is 5.26 Å². The molecule has 0 spiro atoms. The smallest absolute Gasteiger partial charge is 0.257 e. The summed E-state index contributed by atoms with van der Waals surface area (Å²) in [7, 11) is 0. The lowest BCUT2D eigenvalue weighted by Crippen LogP contribution is -2.27. The number of hydrogen-bond acceptors (Lipinski definition) is 3. The van der Waals surface area contributed by atoms with Gasteiger partial charge < -0.3 is 4.90 Å². The van der Waals surface area contributed by atoms with Gasteiger partial charge in [0, 0.05) is 18.3 Å². The van der Waals surface area contributed by atoms with Crippen molar-refractivity contribution in [1.82, 2.24) is 14.7 Å². The van der Waals surface area contributed by atoms with Crippen LogP contribution < -0.4 is 0 Å². The highest BCUT2D eigenvalue weighted by molar-refractivity contribution is 5.95. The number of benzene rings is 2. The van der Waals surface area contributed by atoms with Crippen molar-refractivity contribution in [2.75, 3.05) is 0 Å². The molecule has 1 amide bonds. The van der Waals surface area contributed by atoms with Crippen LogP contribution in [-0.2, 0) is 13.1 Å². The third-order valence-electron chi connectivity index (χ3n) is 4.28. The summed E-state index contributed by atoms with van der Waals surface area (Å²) in [6, 6.07) is 11.5. The molecule has 0 aliphatic carbocycles. The average Bonchev–Trinajstić information content (AvgIpc) is 3.21. The molecule has 128 valence electrons. The Kier molecular flexibility index (Phi) is 3.73. The quantitative estimate of drug-likeness (QED) is 0.713. The van der Waals surface area contributed by atoms with Crippen molar-refractivity contribution in [3.8, 4) is 11.8 Å². The van der Waals surface area contributed by atoms with E-state index in [0.717, 1.165) is 11.6 Å². The van der Waals surface area contributed by atoms with Crippen LogP contribution in [0, 0.1) is 23.0 Å². The monoisotopic (exact) mass is 350 g/mol. The van der Waals surface area contributed by atoms with Crippen molar-refractivity contribution < 1.29 is 13.6 Å². The van der Waals surface area contributed by atoms with E-state index in [9.17, 15) is 13.6 Å². The van der Waals surface area contributed by atoms with Crippen molar-refractivity contribution >= 4 is 5.91 Å². The normalized spacial score (nSPS) is 12.7. The van der Waals surface area contributed by atoms with Crippen LogP contribution in [-0.4, -0.2) is 20.6 Å². The molecule has 0 saturated carbocycles. The Morgan fingerprint density at radius 1 is 1.12 bits per heavy atom. The standard InChI is InChI=1S/C19H12F2N4O/c20-14-2-4-15(5-3-14)25-10-13-9-24(11-18(13)23-25)19(26)16-7-12(8-22)1-6-17(16)21/h1-7,10H,9,11H2. The highest BCUT2D eigenvalue weighted by Gasteiger charge is 2.29. The van der Waals surface area contributed by atoms with E-state index in [1.807, 2.05) is 6.07 Å². The lowest BCUT2D eigenvalue weighted by molar-refractivity contribution is 0.0744. The maximum atomic E-state index is 14.0. The second-order valence-corrected chi connectivity index (χ2v) is 5.99. The summed E-state index contributed by atoms with van der Waals surface area (Å²) in [5, 5.41) is 13.4. The molecule has 0 unspecified atom stereocenters. The fourth-order valence-corrected chi connectivity index (χ4v) is 2.95. The summed E-state index contributed by atoms with van der Waals surface area (Å²) in [5.74, 6) is -1.47. The number of fused-ring (bicyclic) bond motifs is 1. The van der Waals surface area contributed by atoms with E-state index in [1.54, 1.807) is 23.0 Å². The van der Waals surface area contributed by atoms with E-state index in [1.165, 1.54) is 29.2 Å². The van der Waals surface area contributed by atoms with E-state index in [-0.39, 0.29) is 23.5 Å². The number of amides is 1. The SMILES string of the molecule is N#Cc1ccc(F)c(C(=O)N2Cc3cn(-c4ccc(F)cc4)nc3C2)c1. The molecule has 0 saturated heterocycles. The van der Waals surface area contributed by atoms with Crippen LogP contribution >= 0.6 is 0 Å². The van der Waals surface area contributed by atoms with Crippen molar-refractivity contribution in [2.24, 2.45) is 0 Å². The number of rotatable bonds is 2. The Morgan fingerprint density at radius 2 is 1.88 bits per heavy atom. The van der Waals surface area contributed by atoms with Gasteiger partial charge in [0.1, 0.15) is 11.6 Å². The first-order valence-corrected chi connectivity index (χ1v) is 7.87. The summed E-state index contributed by atoms with van der Waals surface area (Å²) in [5.41, 5.74) is 2.37. The van der Waals surface area contributed by atoms with Crippen LogP contribution in [0.25, 0.3) is 5.69 Å². The summed E-state index contributed by atoms with van der Waals surface area (Å²) in [6.45, 7) is 0.546. The van der Waals surface area contributed by atoms with Crippen LogP contribution in [0.2, 0.25) is 0 Å². The molecule has 5 nitrogen and oxygen atoms in total. The van der Waals surface area contributed by atoms with Gasteiger partial charge in [0.25, 0.3) is 5.91 Å². The minimum Gasteiger partial charge on any atom is -0.328 e. The molecule has 0 radical (unpaired) electrons. The van der Waals surface area contributed by atoms with Gasteiger partial charge in [0.05, 0.1) is 35.1 Å². The highest BCUT2D eigenvalue weighted by atomic mass is 19.1. The summed E-state index contributed by atoms with van der Waals surface area (Å²) >= 11 is 0. The van der Waals surface area contributed by atoms with Gasteiger partial charge in [-0.1, -0.05) is 0 Å². The topological polar surface area (TPSA) is 61.9 Å². The minimum atomic E-state index is -0.657. The van der Waals surface area contributed by atoms with Gasteiger partial charge in [0.15, 0.2) is 0 Å². The Labute approximate surface area is 147 Å². The molecule has 0 fully saturated rings. The molecule has 2 heterocycles. The summed E-state index contributed by atoms with van der Waals surface area (Å²) in [6.07, 6.45) is 1.78. The molecule has 0 N–H and O–H groups in total. The van der Waals surface area contributed by atoms with E-state index < -0.39 is 11.7 Å². The first-order valence-electron chi connectivity index (χ1n) is 7.87. The number of carbonyl (C=O) groups is 1. The molecular weight excluding hydrogens is 338 g/mol. The van der Waals surface area contributed by atoms with Crippen molar-refractivity contribution in [1.29, 1.82) is 5.26 Å². The summed E-state index contributed by atoms with van der Waals surface area (Å²) in [4.78, 5) is 14.1. The molecule has 0 bridgehead atoms. The Bertz CT molecular complexity index is 1030. The second-order valence-electron chi connectivity index (χ2n) is 5.99. The second kappa shape index (κ2) is 6.08. The molecule has 26 heavy (non-hydrogen) atoms. The zero-order chi connectivity index (χ0) is 18.3. The van der Waals surface area contributed by atoms with Gasteiger partial charge in [-0.25, -0.2) is 13.5 Å². The van der Waals surface area contributed by atoms with E-state index in [2.05, 4.69) is 5.10 Å².